The van der Waals surface area contributed by atoms with Crippen molar-refractivity contribution in [3.05, 3.63) is 51.7 Å². The zero-order valence-corrected chi connectivity index (χ0v) is 15.0. The third kappa shape index (κ3) is 3.14. The van der Waals surface area contributed by atoms with E-state index in [9.17, 15) is 14.3 Å². The number of piperidine rings is 1. The molecule has 1 fully saturated rings. The van der Waals surface area contributed by atoms with Gasteiger partial charge in [0.1, 0.15) is 17.1 Å². The molecule has 0 aromatic carbocycles. The second-order valence-corrected chi connectivity index (χ2v) is 7.68. The van der Waals surface area contributed by atoms with E-state index in [0.717, 1.165) is 4.88 Å². The minimum absolute atomic E-state index is 0.0529. The molecule has 0 bridgehead atoms. The number of azo groups is 1. The monoisotopic (exact) mass is 374 g/mol. The summed E-state index contributed by atoms with van der Waals surface area (Å²) in [5.41, 5.74) is -0.598. The highest BCUT2D eigenvalue weighted by Gasteiger charge is 2.38. The molecule has 1 amide bonds. The van der Waals surface area contributed by atoms with Crippen LogP contribution in [0, 0.1) is 5.82 Å². The molecule has 2 aromatic heterocycles. The molecule has 1 saturated heterocycles. The summed E-state index contributed by atoms with van der Waals surface area (Å²) >= 11 is 1.56. The molecule has 2 aliphatic rings. The fraction of sp³-hybridized carbons (Fsp3) is 0.444. The second-order valence-electron chi connectivity index (χ2n) is 6.74. The van der Waals surface area contributed by atoms with Gasteiger partial charge in [0, 0.05) is 35.5 Å². The molecule has 6 nitrogen and oxygen atoms in total. The summed E-state index contributed by atoms with van der Waals surface area (Å²) in [4.78, 5) is 19.6. The lowest BCUT2D eigenvalue weighted by Crippen LogP contribution is -2.45. The number of hydrogen-bond donors (Lipinski definition) is 1. The Morgan fingerprint density at radius 2 is 2.04 bits per heavy atom. The van der Waals surface area contributed by atoms with Gasteiger partial charge in [-0.1, -0.05) is 0 Å². The third-order valence-corrected chi connectivity index (χ3v) is 6.15. The van der Waals surface area contributed by atoms with Crippen LogP contribution in [0.25, 0.3) is 0 Å². The number of rotatable bonds is 3. The van der Waals surface area contributed by atoms with Gasteiger partial charge in [-0.25, -0.2) is 4.39 Å². The number of pyridine rings is 1. The molecule has 2 aliphatic heterocycles. The number of carbonyl (C=O) groups excluding carboxylic acids is 1. The molecule has 136 valence electrons. The van der Waals surface area contributed by atoms with E-state index in [2.05, 4.69) is 15.2 Å². The van der Waals surface area contributed by atoms with Gasteiger partial charge in [-0.05, 0) is 31.0 Å². The average molecular weight is 374 g/mol. The van der Waals surface area contributed by atoms with Crippen molar-refractivity contribution in [2.24, 2.45) is 10.2 Å². The number of hydrogen-bond acceptors (Lipinski definition) is 6. The SMILES string of the molecule is O=C(c1csc(C2CN=NC2)c1)N1CCC(O)(c2ncccc2F)CC1. The predicted octanol–water partition coefficient (Wildman–Crippen LogP) is 2.96. The number of aliphatic hydroxyl groups is 1. The molecule has 1 N–H and O–H groups in total. The van der Waals surface area contributed by atoms with Crippen molar-refractivity contribution in [3.8, 4) is 0 Å². The first-order valence-corrected chi connectivity index (χ1v) is 9.49. The Morgan fingerprint density at radius 3 is 2.73 bits per heavy atom. The average Bonchev–Trinajstić information content (AvgIpc) is 3.33. The molecule has 0 aliphatic carbocycles. The second kappa shape index (κ2) is 6.85. The molecular weight excluding hydrogens is 355 g/mol. The number of amides is 1. The van der Waals surface area contributed by atoms with Crippen LogP contribution < -0.4 is 0 Å². The summed E-state index contributed by atoms with van der Waals surface area (Å²) in [5.74, 6) is -0.285. The topological polar surface area (TPSA) is 78.2 Å². The zero-order valence-electron chi connectivity index (χ0n) is 14.1. The lowest BCUT2D eigenvalue weighted by atomic mass is 9.87. The molecule has 0 atom stereocenters. The summed E-state index contributed by atoms with van der Waals surface area (Å²) in [7, 11) is 0. The van der Waals surface area contributed by atoms with Crippen LogP contribution in [0.4, 0.5) is 4.39 Å². The fourth-order valence-corrected chi connectivity index (χ4v) is 4.42. The van der Waals surface area contributed by atoms with Crippen LogP contribution in [0.15, 0.2) is 40.0 Å². The Kier molecular flexibility index (Phi) is 4.54. The lowest BCUT2D eigenvalue weighted by molar-refractivity contribution is -0.0270. The highest BCUT2D eigenvalue weighted by atomic mass is 32.1. The third-order valence-electron chi connectivity index (χ3n) is 5.05. The summed E-state index contributed by atoms with van der Waals surface area (Å²) in [6.07, 6.45) is 2.01. The lowest BCUT2D eigenvalue weighted by Gasteiger charge is -2.37. The van der Waals surface area contributed by atoms with E-state index in [1.54, 1.807) is 16.2 Å². The number of nitrogens with zero attached hydrogens (tertiary/aromatic N) is 4. The van der Waals surface area contributed by atoms with E-state index in [1.807, 2.05) is 11.4 Å². The molecule has 0 spiro atoms. The molecule has 8 heteroatoms. The first-order chi connectivity index (χ1) is 12.6. The quantitative estimate of drug-likeness (QED) is 0.897. The van der Waals surface area contributed by atoms with E-state index in [-0.39, 0.29) is 30.4 Å². The van der Waals surface area contributed by atoms with Crippen molar-refractivity contribution in [1.82, 2.24) is 9.88 Å². The van der Waals surface area contributed by atoms with Crippen LogP contribution in [0.2, 0.25) is 0 Å². The van der Waals surface area contributed by atoms with Crippen molar-refractivity contribution in [3.63, 3.8) is 0 Å². The maximum Gasteiger partial charge on any atom is 0.254 e. The van der Waals surface area contributed by atoms with Gasteiger partial charge in [0.25, 0.3) is 5.91 Å². The van der Waals surface area contributed by atoms with Crippen LogP contribution in [-0.4, -0.2) is 47.1 Å². The molecule has 0 saturated carbocycles. The number of aromatic nitrogens is 1. The van der Waals surface area contributed by atoms with E-state index < -0.39 is 11.4 Å². The Hall–Kier alpha value is -2.19. The first-order valence-electron chi connectivity index (χ1n) is 8.61. The van der Waals surface area contributed by atoms with Crippen molar-refractivity contribution in [1.29, 1.82) is 0 Å². The van der Waals surface area contributed by atoms with Gasteiger partial charge in [0.15, 0.2) is 0 Å². The molecule has 4 heterocycles. The first kappa shape index (κ1) is 17.2. The molecule has 2 aromatic rings. The van der Waals surface area contributed by atoms with Crippen LogP contribution in [0.1, 0.15) is 39.7 Å². The number of halogens is 1. The van der Waals surface area contributed by atoms with Gasteiger partial charge in [-0.3, -0.25) is 9.78 Å². The minimum Gasteiger partial charge on any atom is -0.383 e. The molecule has 26 heavy (non-hydrogen) atoms. The summed E-state index contributed by atoms with van der Waals surface area (Å²) in [6, 6.07) is 4.72. The normalized spacial score (nSPS) is 19.8. The van der Waals surface area contributed by atoms with Crippen molar-refractivity contribution >= 4 is 17.2 Å². The van der Waals surface area contributed by atoms with E-state index in [0.29, 0.717) is 31.7 Å². The van der Waals surface area contributed by atoms with Gasteiger partial charge >= 0.3 is 0 Å². The maximum absolute atomic E-state index is 14.0. The Balaban J connectivity index is 1.43. The Morgan fingerprint density at radius 1 is 1.31 bits per heavy atom. The molecular formula is C18H19FN4O2S. The van der Waals surface area contributed by atoms with Crippen LogP contribution in [-0.2, 0) is 5.60 Å². The van der Waals surface area contributed by atoms with Crippen LogP contribution in [0.3, 0.4) is 0 Å². The zero-order chi connectivity index (χ0) is 18.1. The minimum atomic E-state index is -1.32. The standard InChI is InChI=1S/C18H19FN4O2S/c19-14-2-1-5-20-16(14)18(25)3-6-23(7-4-18)17(24)12-8-15(26-11-12)13-9-21-22-10-13/h1-2,5,8,11,13,25H,3-4,6-7,9-10H2. The van der Waals surface area contributed by atoms with E-state index in [1.165, 1.54) is 18.3 Å². The van der Waals surface area contributed by atoms with E-state index >= 15 is 0 Å². The molecule has 0 radical (unpaired) electrons. The summed E-state index contributed by atoms with van der Waals surface area (Å²) in [6.45, 7) is 2.09. The van der Waals surface area contributed by atoms with Gasteiger partial charge in [0.2, 0.25) is 0 Å². The largest absolute Gasteiger partial charge is 0.383 e. The van der Waals surface area contributed by atoms with Gasteiger partial charge in [0.05, 0.1) is 18.7 Å². The summed E-state index contributed by atoms with van der Waals surface area (Å²) < 4.78 is 14.0. The summed E-state index contributed by atoms with van der Waals surface area (Å²) in [5, 5.41) is 20.7. The maximum atomic E-state index is 14.0. The fourth-order valence-electron chi connectivity index (χ4n) is 3.46. The number of thiophene rings is 1. The smallest absolute Gasteiger partial charge is 0.254 e. The van der Waals surface area contributed by atoms with Crippen molar-refractivity contribution < 1.29 is 14.3 Å². The number of likely N-dealkylation sites (tertiary alicyclic amines) is 1. The Labute approximate surface area is 154 Å². The van der Waals surface area contributed by atoms with Crippen molar-refractivity contribution in [2.75, 3.05) is 26.2 Å². The van der Waals surface area contributed by atoms with Crippen molar-refractivity contribution in [2.45, 2.75) is 24.4 Å². The van der Waals surface area contributed by atoms with E-state index in [4.69, 9.17) is 0 Å². The predicted molar refractivity (Wildman–Crippen MR) is 94.9 cm³/mol. The highest BCUT2D eigenvalue weighted by Crippen LogP contribution is 2.34. The van der Waals surface area contributed by atoms with Gasteiger partial charge < -0.3 is 10.0 Å². The highest BCUT2D eigenvalue weighted by molar-refractivity contribution is 7.10. The number of carbonyl (C=O) groups is 1. The van der Waals surface area contributed by atoms with Crippen LogP contribution in [0.5, 0.6) is 0 Å². The van der Waals surface area contributed by atoms with Gasteiger partial charge in [-0.2, -0.15) is 10.2 Å². The molecule has 4 rings (SSSR count). The molecule has 0 unspecified atom stereocenters. The van der Waals surface area contributed by atoms with Crippen LogP contribution >= 0.6 is 11.3 Å². The van der Waals surface area contributed by atoms with Gasteiger partial charge in [-0.15, -0.1) is 11.3 Å². The Bertz CT molecular complexity index is 837.